The molecule has 0 spiro atoms. The molecule has 1 heterocycles. The van der Waals surface area contributed by atoms with Crippen LogP contribution in [0.4, 0.5) is 0 Å². The van der Waals surface area contributed by atoms with Gasteiger partial charge in [0.25, 0.3) is 0 Å². The fraction of sp³-hybridized carbons (Fsp3) is 0.381. The molecule has 1 unspecified atom stereocenters. The molecule has 0 saturated heterocycles. The molecule has 2 aliphatic rings. The molecule has 2 heteroatoms. The number of hydrogen-bond acceptors (Lipinski definition) is 1. The number of carbonyl (C=O) groups excluding carboxylic acids is 1. The summed E-state index contributed by atoms with van der Waals surface area (Å²) in [4.78, 5) is 15.0. The predicted molar refractivity (Wildman–Crippen MR) is 92.1 cm³/mol. The van der Waals surface area contributed by atoms with Gasteiger partial charge in [0.2, 0.25) is 5.91 Å². The molecule has 2 aromatic rings. The SMILES string of the molecule is O=C(C1CCCC1)N1Cc2ccccc2C(c2ccccc2)C1. The fourth-order valence-corrected chi connectivity index (χ4v) is 4.18. The van der Waals surface area contributed by atoms with E-state index in [4.69, 9.17) is 0 Å². The molecular formula is C21H23NO. The number of fused-ring (bicyclic) bond motifs is 1. The van der Waals surface area contributed by atoms with E-state index in [1.54, 1.807) is 0 Å². The molecule has 1 aliphatic heterocycles. The van der Waals surface area contributed by atoms with E-state index in [-0.39, 0.29) is 5.92 Å². The Morgan fingerprint density at radius 2 is 1.61 bits per heavy atom. The van der Waals surface area contributed by atoms with Crippen molar-refractivity contribution in [2.75, 3.05) is 6.54 Å². The van der Waals surface area contributed by atoms with Gasteiger partial charge >= 0.3 is 0 Å². The van der Waals surface area contributed by atoms with Crippen molar-refractivity contribution in [1.82, 2.24) is 4.90 Å². The molecule has 0 radical (unpaired) electrons. The van der Waals surface area contributed by atoms with Gasteiger partial charge in [-0.3, -0.25) is 4.79 Å². The van der Waals surface area contributed by atoms with Crippen LogP contribution in [0.2, 0.25) is 0 Å². The van der Waals surface area contributed by atoms with Crippen molar-refractivity contribution in [2.24, 2.45) is 5.92 Å². The average molecular weight is 305 g/mol. The minimum atomic E-state index is 0.261. The van der Waals surface area contributed by atoms with Gasteiger partial charge in [0.15, 0.2) is 0 Å². The van der Waals surface area contributed by atoms with Crippen LogP contribution < -0.4 is 0 Å². The molecule has 1 atom stereocenters. The van der Waals surface area contributed by atoms with E-state index in [2.05, 4.69) is 59.5 Å². The zero-order valence-electron chi connectivity index (χ0n) is 13.4. The lowest BCUT2D eigenvalue weighted by molar-refractivity contribution is -0.136. The number of benzene rings is 2. The second-order valence-corrected chi connectivity index (χ2v) is 6.86. The van der Waals surface area contributed by atoms with Crippen LogP contribution in [0.15, 0.2) is 54.6 Å². The summed E-state index contributed by atoms with van der Waals surface area (Å²) in [6.45, 7) is 1.59. The van der Waals surface area contributed by atoms with Gasteiger partial charge in [0.1, 0.15) is 0 Å². The Morgan fingerprint density at radius 3 is 2.39 bits per heavy atom. The van der Waals surface area contributed by atoms with Crippen molar-refractivity contribution in [1.29, 1.82) is 0 Å². The molecule has 23 heavy (non-hydrogen) atoms. The third-order valence-corrected chi connectivity index (χ3v) is 5.41. The van der Waals surface area contributed by atoms with Crippen LogP contribution in [0.25, 0.3) is 0 Å². The standard InChI is InChI=1S/C21H23NO/c23-21(17-10-4-5-11-17)22-14-18-12-6-7-13-19(18)20(15-22)16-8-2-1-3-9-16/h1-3,6-9,12-13,17,20H,4-5,10-11,14-15H2. The summed E-state index contributed by atoms with van der Waals surface area (Å²) in [5.41, 5.74) is 4.00. The molecule has 2 aromatic carbocycles. The number of carbonyl (C=O) groups is 1. The highest BCUT2D eigenvalue weighted by atomic mass is 16.2. The zero-order chi connectivity index (χ0) is 15.6. The monoisotopic (exact) mass is 305 g/mol. The van der Waals surface area contributed by atoms with Crippen molar-refractivity contribution in [2.45, 2.75) is 38.1 Å². The van der Waals surface area contributed by atoms with E-state index in [0.29, 0.717) is 11.8 Å². The number of rotatable bonds is 2. The van der Waals surface area contributed by atoms with Crippen LogP contribution in [-0.2, 0) is 11.3 Å². The van der Waals surface area contributed by atoms with Crippen molar-refractivity contribution in [3.63, 3.8) is 0 Å². The smallest absolute Gasteiger partial charge is 0.226 e. The van der Waals surface area contributed by atoms with Gasteiger partial charge in [-0.2, -0.15) is 0 Å². The largest absolute Gasteiger partial charge is 0.337 e. The molecule has 0 aromatic heterocycles. The van der Waals surface area contributed by atoms with Gasteiger partial charge in [-0.25, -0.2) is 0 Å². The van der Waals surface area contributed by atoms with Gasteiger partial charge in [-0.1, -0.05) is 67.4 Å². The van der Waals surface area contributed by atoms with Gasteiger partial charge < -0.3 is 4.90 Å². The van der Waals surface area contributed by atoms with Crippen LogP contribution in [-0.4, -0.2) is 17.4 Å². The molecule has 4 rings (SSSR count). The predicted octanol–water partition coefficient (Wildman–Crippen LogP) is 4.35. The summed E-state index contributed by atoms with van der Waals surface area (Å²) in [6, 6.07) is 19.2. The second kappa shape index (κ2) is 6.19. The summed E-state index contributed by atoms with van der Waals surface area (Å²) in [6.07, 6.45) is 4.58. The van der Waals surface area contributed by atoms with Crippen LogP contribution >= 0.6 is 0 Å². The molecule has 1 aliphatic carbocycles. The van der Waals surface area contributed by atoms with E-state index >= 15 is 0 Å². The zero-order valence-corrected chi connectivity index (χ0v) is 13.4. The maximum Gasteiger partial charge on any atom is 0.226 e. The lowest BCUT2D eigenvalue weighted by Crippen LogP contribution is -2.41. The highest BCUT2D eigenvalue weighted by molar-refractivity contribution is 5.79. The van der Waals surface area contributed by atoms with Gasteiger partial charge in [0, 0.05) is 24.9 Å². The van der Waals surface area contributed by atoms with Crippen molar-refractivity contribution in [3.05, 3.63) is 71.3 Å². The van der Waals surface area contributed by atoms with Crippen LogP contribution in [0.3, 0.4) is 0 Å². The van der Waals surface area contributed by atoms with Crippen LogP contribution in [0.5, 0.6) is 0 Å². The normalized spacial score (nSPS) is 21.2. The molecule has 0 N–H and O–H groups in total. The Hall–Kier alpha value is -2.09. The van der Waals surface area contributed by atoms with Gasteiger partial charge in [-0.05, 0) is 29.5 Å². The third-order valence-electron chi connectivity index (χ3n) is 5.41. The second-order valence-electron chi connectivity index (χ2n) is 6.86. The van der Waals surface area contributed by atoms with Crippen molar-refractivity contribution in [3.8, 4) is 0 Å². The quantitative estimate of drug-likeness (QED) is 0.807. The van der Waals surface area contributed by atoms with E-state index < -0.39 is 0 Å². The maximum absolute atomic E-state index is 12.9. The average Bonchev–Trinajstić information content (AvgIpc) is 3.15. The minimum absolute atomic E-state index is 0.261. The van der Waals surface area contributed by atoms with Gasteiger partial charge in [0.05, 0.1) is 0 Å². The first-order valence-electron chi connectivity index (χ1n) is 8.74. The number of amides is 1. The van der Waals surface area contributed by atoms with Crippen LogP contribution in [0, 0.1) is 5.92 Å². The Labute approximate surface area is 138 Å². The third kappa shape index (κ3) is 2.78. The summed E-state index contributed by atoms with van der Waals surface area (Å²) in [7, 11) is 0. The van der Waals surface area contributed by atoms with Crippen molar-refractivity contribution >= 4 is 5.91 Å². The van der Waals surface area contributed by atoms with Crippen molar-refractivity contribution < 1.29 is 4.79 Å². The first-order chi connectivity index (χ1) is 11.3. The highest BCUT2D eigenvalue weighted by Gasteiger charge is 2.33. The van der Waals surface area contributed by atoms with Gasteiger partial charge in [-0.15, -0.1) is 0 Å². The Balaban J connectivity index is 1.67. The first-order valence-corrected chi connectivity index (χ1v) is 8.74. The van der Waals surface area contributed by atoms with Crippen LogP contribution in [0.1, 0.15) is 48.3 Å². The summed E-state index contributed by atoms with van der Waals surface area (Å²) in [5.74, 6) is 0.932. The molecule has 0 bridgehead atoms. The maximum atomic E-state index is 12.9. The minimum Gasteiger partial charge on any atom is -0.337 e. The topological polar surface area (TPSA) is 20.3 Å². The van der Waals surface area contributed by atoms with E-state index in [0.717, 1.165) is 25.9 Å². The van der Waals surface area contributed by atoms with E-state index in [1.807, 2.05) is 0 Å². The molecular weight excluding hydrogens is 282 g/mol. The van der Waals surface area contributed by atoms with E-state index in [1.165, 1.54) is 29.5 Å². The molecule has 1 amide bonds. The van der Waals surface area contributed by atoms with E-state index in [9.17, 15) is 4.79 Å². The fourth-order valence-electron chi connectivity index (χ4n) is 4.18. The summed E-state index contributed by atoms with van der Waals surface area (Å²) >= 11 is 0. The Morgan fingerprint density at radius 1 is 0.913 bits per heavy atom. The molecule has 118 valence electrons. The lowest BCUT2D eigenvalue weighted by atomic mass is 9.84. The highest BCUT2D eigenvalue weighted by Crippen LogP contribution is 2.35. The Kier molecular flexibility index (Phi) is 3.90. The molecule has 1 saturated carbocycles. The number of hydrogen-bond donors (Lipinski definition) is 0. The molecule has 1 fully saturated rings. The summed E-state index contributed by atoms with van der Waals surface area (Å²) < 4.78 is 0. The molecule has 2 nitrogen and oxygen atoms in total. The first kappa shape index (κ1) is 14.5. The lowest BCUT2D eigenvalue weighted by Gasteiger charge is -2.36. The summed E-state index contributed by atoms with van der Waals surface area (Å²) in [5, 5.41) is 0. The number of nitrogens with zero attached hydrogens (tertiary/aromatic N) is 1. The Bertz CT molecular complexity index is 688.